The van der Waals surface area contributed by atoms with E-state index in [4.69, 9.17) is 10.7 Å². The van der Waals surface area contributed by atoms with Gasteiger partial charge in [0.25, 0.3) is 9.05 Å². The first-order valence-electron chi connectivity index (χ1n) is 6.04. The average molecular weight is 308 g/mol. The number of halogens is 1. The molecule has 19 heavy (non-hydrogen) atoms. The molecule has 0 spiro atoms. The van der Waals surface area contributed by atoms with Gasteiger partial charge in [0, 0.05) is 29.3 Å². The number of nitrogens with zero attached hydrogens (tertiary/aromatic N) is 2. The lowest BCUT2D eigenvalue weighted by atomic mass is 10.2. The average Bonchev–Trinajstić information content (AvgIpc) is 2.70. The molecule has 1 N–H and O–H groups in total. The molecule has 0 bridgehead atoms. The first-order chi connectivity index (χ1) is 8.75. The van der Waals surface area contributed by atoms with Crippen molar-refractivity contribution in [2.75, 3.05) is 6.54 Å². The molecule has 6 nitrogen and oxygen atoms in total. The Morgan fingerprint density at radius 3 is 2.63 bits per heavy atom. The molecule has 0 radical (unpaired) electrons. The Morgan fingerprint density at radius 2 is 2.16 bits per heavy atom. The van der Waals surface area contributed by atoms with Crippen molar-refractivity contribution in [2.45, 2.75) is 44.7 Å². The maximum atomic E-state index is 11.7. The van der Waals surface area contributed by atoms with Gasteiger partial charge in [-0.25, -0.2) is 13.4 Å². The van der Waals surface area contributed by atoms with E-state index >= 15 is 0 Å². The van der Waals surface area contributed by atoms with Crippen LogP contribution in [0.2, 0.25) is 0 Å². The van der Waals surface area contributed by atoms with Gasteiger partial charge in [0.15, 0.2) is 5.03 Å². The van der Waals surface area contributed by atoms with Crippen LogP contribution in [0.4, 0.5) is 0 Å². The molecule has 108 valence electrons. The predicted octanol–water partition coefficient (Wildman–Crippen LogP) is 1.46. The van der Waals surface area contributed by atoms with Gasteiger partial charge in [0.2, 0.25) is 5.91 Å². The van der Waals surface area contributed by atoms with Crippen molar-refractivity contribution in [2.24, 2.45) is 0 Å². The van der Waals surface area contributed by atoms with Crippen molar-refractivity contribution < 1.29 is 13.2 Å². The molecule has 0 saturated heterocycles. The molecule has 1 aromatic rings. The maximum absolute atomic E-state index is 11.7. The smallest absolute Gasteiger partial charge is 0.280 e. The van der Waals surface area contributed by atoms with Crippen molar-refractivity contribution in [3.8, 4) is 0 Å². The summed E-state index contributed by atoms with van der Waals surface area (Å²) in [6, 6.07) is 0. The van der Waals surface area contributed by atoms with E-state index < -0.39 is 9.05 Å². The van der Waals surface area contributed by atoms with Gasteiger partial charge in [-0.1, -0.05) is 20.8 Å². The maximum Gasteiger partial charge on any atom is 0.280 e. The van der Waals surface area contributed by atoms with Gasteiger partial charge >= 0.3 is 0 Å². The third-order valence-electron chi connectivity index (χ3n) is 2.44. The van der Waals surface area contributed by atoms with Gasteiger partial charge in [0.1, 0.15) is 12.4 Å². The highest BCUT2D eigenvalue weighted by Gasteiger charge is 2.20. The van der Waals surface area contributed by atoms with Crippen LogP contribution in [-0.4, -0.2) is 30.4 Å². The highest BCUT2D eigenvalue weighted by molar-refractivity contribution is 8.13. The summed E-state index contributed by atoms with van der Waals surface area (Å²) in [5, 5.41) is 2.50. The molecule has 1 rings (SSSR count). The van der Waals surface area contributed by atoms with E-state index in [-0.39, 0.29) is 23.4 Å². The number of rotatable bonds is 6. The van der Waals surface area contributed by atoms with Crippen LogP contribution >= 0.6 is 10.7 Å². The first-order valence-corrected chi connectivity index (χ1v) is 8.35. The van der Waals surface area contributed by atoms with Crippen LogP contribution in [0.25, 0.3) is 0 Å². The van der Waals surface area contributed by atoms with E-state index in [0.29, 0.717) is 12.4 Å². The molecule has 0 saturated carbocycles. The molecule has 1 aromatic heterocycles. The summed E-state index contributed by atoms with van der Waals surface area (Å²) in [4.78, 5) is 15.6. The Labute approximate surface area is 117 Å². The Hall–Kier alpha value is -1.08. The number of imidazole rings is 1. The van der Waals surface area contributed by atoms with Gasteiger partial charge in [0.05, 0.1) is 0 Å². The Balaban J connectivity index is 2.99. The summed E-state index contributed by atoms with van der Waals surface area (Å²) in [6.45, 7) is 6.31. The molecule has 0 aliphatic heterocycles. The Bertz CT molecular complexity index is 552. The van der Waals surface area contributed by atoms with Crippen LogP contribution < -0.4 is 5.32 Å². The van der Waals surface area contributed by atoms with Gasteiger partial charge in [-0.15, -0.1) is 0 Å². The van der Waals surface area contributed by atoms with Crippen LogP contribution in [0, 0.1) is 0 Å². The highest BCUT2D eigenvalue weighted by atomic mass is 35.7. The molecular weight excluding hydrogens is 290 g/mol. The third-order valence-corrected chi connectivity index (χ3v) is 3.61. The minimum Gasteiger partial charge on any atom is -0.355 e. The second-order valence-corrected chi connectivity index (χ2v) is 7.02. The summed E-state index contributed by atoms with van der Waals surface area (Å²) >= 11 is 0. The second-order valence-electron chi connectivity index (χ2n) is 4.51. The van der Waals surface area contributed by atoms with Crippen molar-refractivity contribution in [3.05, 3.63) is 12.0 Å². The van der Waals surface area contributed by atoms with E-state index in [1.54, 1.807) is 0 Å². The summed E-state index contributed by atoms with van der Waals surface area (Å²) in [5.74, 6) is 0.330. The molecule has 0 aromatic carbocycles. The number of aromatic nitrogens is 2. The number of hydrogen-bond donors (Lipinski definition) is 1. The van der Waals surface area contributed by atoms with Crippen LogP contribution in [0.15, 0.2) is 11.2 Å². The van der Waals surface area contributed by atoms with Crippen molar-refractivity contribution in [3.63, 3.8) is 0 Å². The van der Waals surface area contributed by atoms with E-state index in [1.807, 2.05) is 20.8 Å². The summed E-state index contributed by atoms with van der Waals surface area (Å²) in [7, 11) is 1.38. The third kappa shape index (κ3) is 4.50. The molecule has 0 atom stereocenters. The quantitative estimate of drug-likeness (QED) is 0.807. The van der Waals surface area contributed by atoms with Crippen molar-refractivity contribution in [1.82, 2.24) is 14.9 Å². The number of carbonyl (C=O) groups excluding carboxylic acids is 1. The fourth-order valence-corrected chi connectivity index (χ4v) is 2.26. The molecule has 0 unspecified atom stereocenters. The van der Waals surface area contributed by atoms with Gasteiger partial charge in [-0.05, 0) is 6.42 Å². The molecule has 0 aliphatic carbocycles. The molecule has 1 heterocycles. The van der Waals surface area contributed by atoms with Crippen molar-refractivity contribution in [1.29, 1.82) is 0 Å². The second kappa shape index (κ2) is 6.38. The minimum absolute atomic E-state index is 0.00820. The molecule has 1 amide bonds. The van der Waals surface area contributed by atoms with Crippen LogP contribution in [-0.2, 0) is 20.4 Å². The van der Waals surface area contributed by atoms with Crippen LogP contribution in [0.5, 0.6) is 0 Å². The normalized spacial score (nSPS) is 11.8. The SMILES string of the molecule is CCCNC(=O)Cn1cc(S(=O)(=O)Cl)nc1C(C)C. The number of carbonyl (C=O) groups is 1. The fourth-order valence-electron chi connectivity index (χ4n) is 1.59. The standard InChI is InChI=1S/C11H18ClN3O3S/c1-4-5-13-9(16)6-15-7-10(19(12,17)18)14-11(15)8(2)3/h7-8H,4-6H2,1-3H3,(H,13,16). The summed E-state index contributed by atoms with van der Waals surface area (Å²) in [5.41, 5.74) is 0. The lowest BCUT2D eigenvalue weighted by molar-refractivity contribution is -0.121. The lowest BCUT2D eigenvalue weighted by Gasteiger charge is -2.09. The Morgan fingerprint density at radius 1 is 1.53 bits per heavy atom. The van der Waals surface area contributed by atoms with Crippen LogP contribution in [0.3, 0.4) is 0 Å². The zero-order valence-electron chi connectivity index (χ0n) is 11.2. The molecule has 0 fully saturated rings. The van der Waals surface area contributed by atoms with Gasteiger partial charge < -0.3 is 9.88 Å². The van der Waals surface area contributed by atoms with E-state index in [9.17, 15) is 13.2 Å². The highest BCUT2D eigenvalue weighted by Crippen LogP contribution is 2.19. The Kier molecular flexibility index (Phi) is 5.37. The number of amides is 1. The number of hydrogen-bond acceptors (Lipinski definition) is 4. The lowest BCUT2D eigenvalue weighted by Crippen LogP contribution is -2.28. The van der Waals surface area contributed by atoms with Gasteiger partial charge in [-0.3, -0.25) is 4.79 Å². The largest absolute Gasteiger partial charge is 0.355 e. The van der Waals surface area contributed by atoms with Crippen molar-refractivity contribution >= 4 is 25.6 Å². The summed E-state index contributed by atoms with van der Waals surface area (Å²) in [6.07, 6.45) is 2.14. The molecular formula is C11H18ClN3O3S. The van der Waals surface area contributed by atoms with Crippen LogP contribution in [0.1, 0.15) is 38.9 Å². The zero-order valence-corrected chi connectivity index (χ0v) is 12.8. The van der Waals surface area contributed by atoms with E-state index in [0.717, 1.165) is 6.42 Å². The monoisotopic (exact) mass is 307 g/mol. The first kappa shape index (κ1) is 16.0. The molecule has 0 aliphatic rings. The minimum atomic E-state index is -3.88. The zero-order chi connectivity index (χ0) is 14.6. The molecule has 8 heteroatoms. The van der Waals surface area contributed by atoms with E-state index in [2.05, 4.69) is 10.3 Å². The predicted molar refractivity (Wildman–Crippen MR) is 72.7 cm³/mol. The van der Waals surface area contributed by atoms with E-state index in [1.165, 1.54) is 10.8 Å². The van der Waals surface area contributed by atoms with Gasteiger partial charge in [-0.2, -0.15) is 0 Å². The summed E-state index contributed by atoms with van der Waals surface area (Å²) < 4.78 is 24.1. The fraction of sp³-hybridized carbons (Fsp3) is 0.636. The topological polar surface area (TPSA) is 81.1 Å². The number of nitrogens with one attached hydrogen (secondary N) is 1.